The van der Waals surface area contributed by atoms with Gasteiger partial charge in [0, 0.05) is 37.6 Å². The molecule has 162 valence electrons. The molecule has 0 spiro atoms. The van der Waals surface area contributed by atoms with Crippen LogP contribution in [-0.4, -0.2) is 56.1 Å². The van der Waals surface area contributed by atoms with Gasteiger partial charge in [-0.15, -0.1) is 0 Å². The Bertz CT molecular complexity index is 1040. The van der Waals surface area contributed by atoms with Gasteiger partial charge in [0.15, 0.2) is 5.82 Å². The van der Waals surface area contributed by atoms with E-state index in [0.717, 1.165) is 47.0 Å². The van der Waals surface area contributed by atoms with Crippen molar-refractivity contribution < 1.29 is 14.3 Å². The molecule has 1 aliphatic rings. The van der Waals surface area contributed by atoms with Crippen molar-refractivity contribution in [2.24, 2.45) is 0 Å². The number of hydrogen-bond donors (Lipinski definition) is 0. The number of benzene rings is 2. The number of aromatic nitrogens is 2. The Morgan fingerprint density at radius 1 is 1.16 bits per heavy atom. The predicted molar refractivity (Wildman–Crippen MR) is 122 cm³/mol. The second kappa shape index (κ2) is 9.22. The molecule has 0 unspecified atom stereocenters. The Hall–Kier alpha value is -3.32. The van der Waals surface area contributed by atoms with E-state index < -0.39 is 0 Å². The summed E-state index contributed by atoms with van der Waals surface area (Å²) in [5.41, 5.74) is 4.03. The molecule has 1 amide bonds. The number of methoxy groups -OCH3 is 1. The quantitative estimate of drug-likeness (QED) is 0.612. The molecule has 7 nitrogen and oxygen atoms in total. The minimum absolute atomic E-state index is 0.0251. The molecular weight excluding hydrogens is 392 g/mol. The van der Waals surface area contributed by atoms with E-state index in [1.54, 1.807) is 23.7 Å². The average molecular weight is 421 g/mol. The maximum Gasteiger partial charge on any atom is 0.248 e. The van der Waals surface area contributed by atoms with E-state index in [0.29, 0.717) is 13.2 Å². The fourth-order valence-electron chi connectivity index (χ4n) is 3.70. The molecule has 0 aliphatic carbocycles. The first-order valence-corrected chi connectivity index (χ1v) is 10.4. The van der Waals surface area contributed by atoms with Gasteiger partial charge in [-0.3, -0.25) is 9.48 Å². The number of amides is 1. The molecular formula is C24H28N4O3. The van der Waals surface area contributed by atoms with Gasteiger partial charge in [0.25, 0.3) is 0 Å². The molecule has 2 heterocycles. The normalized spacial score (nSPS) is 13.8. The number of likely N-dealkylation sites (N-methyl/N-ethyl adjacent to an activating group) is 1. The van der Waals surface area contributed by atoms with Gasteiger partial charge in [0.2, 0.25) is 5.91 Å². The third-order valence-electron chi connectivity index (χ3n) is 5.51. The van der Waals surface area contributed by atoms with Crippen molar-refractivity contribution in [3.05, 3.63) is 60.3 Å². The monoisotopic (exact) mass is 420 g/mol. The first-order valence-electron chi connectivity index (χ1n) is 10.4. The van der Waals surface area contributed by atoms with Crippen molar-refractivity contribution in [2.75, 3.05) is 50.3 Å². The van der Waals surface area contributed by atoms with Crippen molar-refractivity contribution in [3.8, 4) is 16.9 Å². The molecule has 3 aromatic rings. The molecule has 0 bridgehead atoms. The van der Waals surface area contributed by atoms with Gasteiger partial charge in [-0.2, -0.15) is 5.10 Å². The molecule has 31 heavy (non-hydrogen) atoms. The average Bonchev–Trinajstić information content (AvgIpc) is 3.23. The molecule has 1 fully saturated rings. The first kappa shape index (κ1) is 20.9. The van der Waals surface area contributed by atoms with Gasteiger partial charge < -0.3 is 19.3 Å². The number of anilines is 2. The number of morpholine rings is 1. The van der Waals surface area contributed by atoms with Crippen LogP contribution in [0.4, 0.5) is 11.5 Å². The summed E-state index contributed by atoms with van der Waals surface area (Å²) < 4.78 is 12.5. The lowest BCUT2D eigenvalue weighted by atomic mass is 10.1. The summed E-state index contributed by atoms with van der Waals surface area (Å²) in [6.45, 7) is 5.07. The molecule has 4 rings (SSSR count). The van der Waals surface area contributed by atoms with Crippen molar-refractivity contribution in [1.82, 2.24) is 9.78 Å². The Balaban J connectivity index is 1.61. The van der Waals surface area contributed by atoms with Gasteiger partial charge in [0.1, 0.15) is 12.3 Å². The topological polar surface area (TPSA) is 59.8 Å². The summed E-state index contributed by atoms with van der Waals surface area (Å²) in [7, 11) is 3.45. The van der Waals surface area contributed by atoms with Gasteiger partial charge in [0.05, 0.1) is 20.3 Å². The highest BCUT2D eigenvalue weighted by atomic mass is 16.5. The highest BCUT2D eigenvalue weighted by Gasteiger charge is 2.21. The fraction of sp³-hybridized carbons (Fsp3) is 0.333. The summed E-state index contributed by atoms with van der Waals surface area (Å²) in [5, 5.41) is 4.79. The standard InChI is InChI=1S/C24H28N4O3/c1-18-5-4-6-20(15-18)26(2)23(29)17-28-16-22(19-7-9-21(30-3)10-8-19)24(25-28)27-11-13-31-14-12-27/h4-10,15-16H,11-14,17H2,1-3H3. The number of aryl methyl sites for hydroxylation is 1. The van der Waals surface area contributed by atoms with Crippen LogP contribution in [0.2, 0.25) is 0 Å². The third-order valence-corrected chi connectivity index (χ3v) is 5.51. The number of nitrogens with zero attached hydrogens (tertiary/aromatic N) is 4. The number of hydrogen-bond acceptors (Lipinski definition) is 5. The Labute approximate surface area is 182 Å². The Kier molecular flexibility index (Phi) is 6.23. The number of rotatable bonds is 6. The summed E-state index contributed by atoms with van der Waals surface area (Å²) in [6.07, 6.45) is 1.95. The molecule has 2 aromatic carbocycles. The lowest BCUT2D eigenvalue weighted by Crippen LogP contribution is -2.37. The van der Waals surface area contributed by atoms with E-state index in [9.17, 15) is 4.79 Å². The van der Waals surface area contributed by atoms with Gasteiger partial charge in [-0.05, 0) is 42.3 Å². The third kappa shape index (κ3) is 4.72. The SMILES string of the molecule is COc1ccc(-c2cn(CC(=O)N(C)c3cccc(C)c3)nc2N2CCOCC2)cc1. The van der Waals surface area contributed by atoms with Crippen molar-refractivity contribution >= 4 is 17.4 Å². The molecule has 0 saturated carbocycles. The van der Waals surface area contributed by atoms with Crippen LogP contribution in [0.25, 0.3) is 11.1 Å². The second-order valence-electron chi connectivity index (χ2n) is 7.68. The lowest BCUT2D eigenvalue weighted by molar-refractivity contribution is -0.119. The van der Waals surface area contributed by atoms with E-state index in [1.165, 1.54) is 0 Å². The Morgan fingerprint density at radius 2 is 1.90 bits per heavy atom. The van der Waals surface area contributed by atoms with E-state index in [-0.39, 0.29) is 12.5 Å². The van der Waals surface area contributed by atoms with E-state index in [4.69, 9.17) is 14.6 Å². The maximum absolute atomic E-state index is 13.0. The van der Waals surface area contributed by atoms with Crippen LogP contribution in [0.1, 0.15) is 5.56 Å². The Morgan fingerprint density at radius 3 is 2.58 bits per heavy atom. The largest absolute Gasteiger partial charge is 0.497 e. The van der Waals surface area contributed by atoms with Crippen LogP contribution < -0.4 is 14.5 Å². The maximum atomic E-state index is 13.0. The summed E-state index contributed by atoms with van der Waals surface area (Å²) in [6, 6.07) is 15.8. The predicted octanol–water partition coefficient (Wildman–Crippen LogP) is 3.37. The number of carbonyl (C=O) groups is 1. The highest BCUT2D eigenvalue weighted by molar-refractivity contribution is 5.92. The smallest absolute Gasteiger partial charge is 0.248 e. The minimum atomic E-state index is -0.0251. The zero-order valence-electron chi connectivity index (χ0n) is 18.2. The summed E-state index contributed by atoms with van der Waals surface area (Å²) in [5.74, 6) is 1.65. The van der Waals surface area contributed by atoms with Crippen LogP contribution in [0.3, 0.4) is 0 Å². The zero-order chi connectivity index (χ0) is 21.8. The molecule has 7 heteroatoms. The van der Waals surface area contributed by atoms with Crippen LogP contribution in [0, 0.1) is 6.92 Å². The van der Waals surface area contributed by atoms with E-state index in [1.807, 2.05) is 61.7 Å². The molecule has 0 N–H and O–H groups in total. The summed E-state index contributed by atoms with van der Waals surface area (Å²) in [4.78, 5) is 16.8. The zero-order valence-corrected chi connectivity index (χ0v) is 18.2. The second-order valence-corrected chi connectivity index (χ2v) is 7.68. The number of carbonyl (C=O) groups excluding carboxylic acids is 1. The molecule has 0 atom stereocenters. The molecule has 1 aliphatic heterocycles. The molecule has 1 aromatic heterocycles. The van der Waals surface area contributed by atoms with E-state index >= 15 is 0 Å². The van der Waals surface area contributed by atoms with Gasteiger partial charge in [-0.25, -0.2) is 0 Å². The van der Waals surface area contributed by atoms with Crippen molar-refractivity contribution in [2.45, 2.75) is 13.5 Å². The van der Waals surface area contributed by atoms with Crippen LogP contribution >= 0.6 is 0 Å². The molecule has 1 saturated heterocycles. The first-order chi connectivity index (χ1) is 15.0. The van der Waals surface area contributed by atoms with Crippen LogP contribution in [0.15, 0.2) is 54.7 Å². The van der Waals surface area contributed by atoms with Gasteiger partial charge >= 0.3 is 0 Å². The van der Waals surface area contributed by atoms with E-state index in [2.05, 4.69) is 4.90 Å². The minimum Gasteiger partial charge on any atom is -0.497 e. The fourth-order valence-corrected chi connectivity index (χ4v) is 3.70. The highest BCUT2D eigenvalue weighted by Crippen LogP contribution is 2.31. The van der Waals surface area contributed by atoms with Crippen LogP contribution in [0.5, 0.6) is 5.75 Å². The molecule has 0 radical (unpaired) electrons. The summed E-state index contributed by atoms with van der Waals surface area (Å²) >= 11 is 0. The lowest BCUT2D eigenvalue weighted by Gasteiger charge is -2.27. The van der Waals surface area contributed by atoms with Crippen LogP contribution in [-0.2, 0) is 16.1 Å². The van der Waals surface area contributed by atoms with Crippen molar-refractivity contribution in [3.63, 3.8) is 0 Å². The van der Waals surface area contributed by atoms with Crippen molar-refractivity contribution in [1.29, 1.82) is 0 Å². The number of ether oxygens (including phenoxy) is 2. The van der Waals surface area contributed by atoms with Gasteiger partial charge in [-0.1, -0.05) is 24.3 Å².